The fourth-order valence-corrected chi connectivity index (χ4v) is 4.00. The van der Waals surface area contributed by atoms with E-state index in [0.717, 1.165) is 41.8 Å². The molecule has 0 saturated carbocycles. The number of benzene rings is 2. The molecular weight excluding hydrogens is 334 g/mol. The molecule has 0 aromatic heterocycles. The van der Waals surface area contributed by atoms with Crippen LogP contribution in [0.3, 0.4) is 0 Å². The summed E-state index contributed by atoms with van der Waals surface area (Å²) in [7, 11) is 0. The number of carboxylic acids is 1. The maximum absolute atomic E-state index is 12.6. The summed E-state index contributed by atoms with van der Waals surface area (Å²) in [6, 6.07) is 13.7. The lowest BCUT2D eigenvalue weighted by molar-refractivity contribution is -0.136. The van der Waals surface area contributed by atoms with E-state index < -0.39 is 5.97 Å². The minimum atomic E-state index is -0.774. The Hall–Kier alpha value is -2.27. The number of aliphatic carboxylic acids is 1. The summed E-state index contributed by atoms with van der Waals surface area (Å²) in [5.41, 5.74) is 5.09. The van der Waals surface area contributed by atoms with Crippen LogP contribution in [0.25, 0.3) is 0 Å². The van der Waals surface area contributed by atoms with Crippen LogP contribution in [0.1, 0.15) is 39.9 Å². The topological polar surface area (TPSA) is 66.4 Å². The van der Waals surface area contributed by atoms with Crippen molar-refractivity contribution in [3.05, 3.63) is 64.7 Å². The van der Waals surface area contributed by atoms with E-state index in [9.17, 15) is 9.59 Å². The van der Waals surface area contributed by atoms with Crippen LogP contribution in [0.5, 0.6) is 0 Å². The highest BCUT2D eigenvalue weighted by Gasteiger charge is 2.18. The molecule has 130 valence electrons. The molecule has 0 unspecified atom stereocenters. The van der Waals surface area contributed by atoms with Crippen LogP contribution in [0, 0.1) is 0 Å². The molecule has 2 N–H and O–H groups in total. The van der Waals surface area contributed by atoms with Gasteiger partial charge in [-0.1, -0.05) is 24.3 Å². The van der Waals surface area contributed by atoms with Crippen molar-refractivity contribution in [2.75, 3.05) is 11.1 Å². The predicted molar refractivity (Wildman–Crippen MR) is 101 cm³/mol. The fourth-order valence-electron chi connectivity index (χ4n) is 3.12. The molecule has 25 heavy (non-hydrogen) atoms. The summed E-state index contributed by atoms with van der Waals surface area (Å²) in [6.45, 7) is 0. The van der Waals surface area contributed by atoms with Crippen molar-refractivity contribution in [3.63, 3.8) is 0 Å². The van der Waals surface area contributed by atoms with E-state index in [1.165, 1.54) is 11.1 Å². The van der Waals surface area contributed by atoms with Gasteiger partial charge >= 0.3 is 5.97 Å². The fraction of sp³-hybridized carbons (Fsp3) is 0.300. The number of anilines is 1. The molecule has 0 saturated heterocycles. The number of carbonyl (C=O) groups excluding carboxylic acids is 1. The van der Waals surface area contributed by atoms with Crippen LogP contribution in [-0.2, 0) is 23.4 Å². The summed E-state index contributed by atoms with van der Waals surface area (Å²) in [5, 5.41) is 11.7. The first-order valence-corrected chi connectivity index (χ1v) is 9.59. The molecule has 0 radical (unpaired) electrons. The third-order valence-electron chi connectivity index (χ3n) is 4.30. The number of hydrogen-bond acceptors (Lipinski definition) is 3. The number of amides is 1. The van der Waals surface area contributed by atoms with Crippen LogP contribution in [-0.4, -0.2) is 22.7 Å². The highest BCUT2D eigenvalue weighted by atomic mass is 32.2. The Morgan fingerprint density at radius 3 is 2.80 bits per heavy atom. The van der Waals surface area contributed by atoms with Gasteiger partial charge in [-0.2, -0.15) is 11.8 Å². The first-order valence-electron chi connectivity index (χ1n) is 8.44. The van der Waals surface area contributed by atoms with E-state index in [2.05, 4.69) is 11.4 Å². The molecule has 5 heteroatoms. The Labute approximate surface area is 151 Å². The number of carboxylic acid groups (broad SMARTS) is 1. The normalized spacial score (nSPS) is 12.6. The lowest BCUT2D eigenvalue weighted by Gasteiger charge is -2.10. The van der Waals surface area contributed by atoms with Crippen molar-refractivity contribution in [2.24, 2.45) is 0 Å². The van der Waals surface area contributed by atoms with Gasteiger partial charge in [0.15, 0.2) is 0 Å². The zero-order valence-electron chi connectivity index (χ0n) is 14.0. The molecule has 3 rings (SSSR count). The molecule has 0 bridgehead atoms. The summed E-state index contributed by atoms with van der Waals surface area (Å²) in [4.78, 5) is 23.2. The Morgan fingerprint density at radius 2 is 1.96 bits per heavy atom. The van der Waals surface area contributed by atoms with Gasteiger partial charge < -0.3 is 10.4 Å². The lowest BCUT2D eigenvalue weighted by Crippen LogP contribution is -2.14. The van der Waals surface area contributed by atoms with E-state index in [1.54, 1.807) is 11.8 Å². The molecule has 1 aliphatic carbocycles. The van der Waals surface area contributed by atoms with Gasteiger partial charge in [-0.15, -0.1) is 0 Å². The van der Waals surface area contributed by atoms with E-state index in [-0.39, 0.29) is 12.3 Å². The van der Waals surface area contributed by atoms with E-state index in [0.29, 0.717) is 5.75 Å². The molecule has 1 aliphatic rings. The van der Waals surface area contributed by atoms with Gasteiger partial charge in [0.1, 0.15) is 0 Å². The molecule has 0 atom stereocenters. The number of carbonyl (C=O) groups is 2. The number of aryl methyl sites for hydroxylation is 1. The van der Waals surface area contributed by atoms with E-state index in [1.807, 2.05) is 36.4 Å². The zero-order valence-corrected chi connectivity index (χ0v) is 14.8. The Kier molecular flexibility index (Phi) is 5.76. The van der Waals surface area contributed by atoms with Gasteiger partial charge in [0.25, 0.3) is 5.91 Å². The van der Waals surface area contributed by atoms with Gasteiger partial charge in [-0.05, 0) is 54.2 Å². The molecular formula is C20H21NO3S. The largest absolute Gasteiger partial charge is 0.481 e. The zero-order chi connectivity index (χ0) is 17.6. The van der Waals surface area contributed by atoms with Crippen molar-refractivity contribution in [2.45, 2.75) is 31.4 Å². The lowest BCUT2D eigenvalue weighted by atomic mass is 10.0. The van der Waals surface area contributed by atoms with Crippen LogP contribution in [0.2, 0.25) is 0 Å². The summed E-state index contributed by atoms with van der Waals surface area (Å²) in [5.74, 6) is 0.484. The van der Waals surface area contributed by atoms with Crippen molar-refractivity contribution < 1.29 is 14.7 Å². The van der Waals surface area contributed by atoms with Crippen molar-refractivity contribution in [1.82, 2.24) is 0 Å². The second kappa shape index (κ2) is 8.21. The average Bonchev–Trinajstić information content (AvgIpc) is 3.07. The van der Waals surface area contributed by atoms with Crippen molar-refractivity contribution in [3.8, 4) is 0 Å². The van der Waals surface area contributed by atoms with Crippen molar-refractivity contribution >= 4 is 29.3 Å². The number of nitrogens with one attached hydrogen (secondary N) is 1. The maximum atomic E-state index is 12.6. The molecule has 0 spiro atoms. The molecule has 4 nitrogen and oxygen atoms in total. The van der Waals surface area contributed by atoms with Gasteiger partial charge in [-0.25, -0.2) is 0 Å². The smallest absolute Gasteiger partial charge is 0.304 e. The average molecular weight is 355 g/mol. The second-order valence-corrected chi connectivity index (χ2v) is 7.25. The molecule has 2 aromatic carbocycles. The minimum absolute atomic E-state index is 0.0607. The monoisotopic (exact) mass is 355 g/mol. The SMILES string of the molecule is O=C(O)CCSCc1cccc(NC(=O)c2cccc3c2CCC3)c1. The summed E-state index contributed by atoms with van der Waals surface area (Å²) >= 11 is 1.58. The highest BCUT2D eigenvalue weighted by molar-refractivity contribution is 7.98. The predicted octanol–water partition coefficient (Wildman–Crippen LogP) is 4.14. The Morgan fingerprint density at radius 1 is 1.12 bits per heavy atom. The summed E-state index contributed by atoms with van der Waals surface area (Å²) < 4.78 is 0. The quantitative estimate of drug-likeness (QED) is 0.733. The van der Waals surface area contributed by atoms with Gasteiger partial charge in [0.05, 0.1) is 6.42 Å². The van der Waals surface area contributed by atoms with E-state index in [4.69, 9.17) is 5.11 Å². The van der Waals surface area contributed by atoms with Crippen LogP contribution in [0.4, 0.5) is 5.69 Å². The molecule has 0 fully saturated rings. The molecule has 0 heterocycles. The van der Waals surface area contributed by atoms with Crippen LogP contribution < -0.4 is 5.32 Å². The minimum Gasteiger partial charge on any atom is -0.481 e. The first-order chi connectivity index (χ1) is 12.1. The Bertz CT molecular complexity index is 788. The van der Waals surface area contributed by atoms with Gasteiger partial charge in [-0.3, -0.25) is 9.59 Å². The van der Waals surface area contributed by atoms with Gasteiger partial charge in [0, 0.05) is 22.8 Å². The van der Waals surface area contributed by atoms with Crippen LogP contribution in [0.15, 0.2) is 42.5 Å². The number of thioether (sulfide) groups is 1. The van der Waals surface area contributed by atoms with Crippen molar-refractivity contribution in [1.29, 1.82) is 0 Å². The first kappa shape index (κ1) is 17.5. The molecule has 1 amide bonds. The number of fused-ring (bicyclic) bond motifs is 1. The van der Waals surface area contributed by atoms with Gasteiger partial charge in [0.2, 0.25) is 0 Å². The maximum Gasteiger partial charge on any atom is 0.304 e. The molecule has 0 aliphatic heterocycles. The number of rotatable bonds is 7. The second-order valence-electron chi connectivity index (χ2n) is 6.15. The standard InChI is InChI=1S/C20H21NO3S/c22-19(23)10-11-25-13-14-4-1-7-16(12-14)21-20(24)18-9-3-6-15-5-2-8-17(15)18/h1,3-4,6-7,9,12H,2,5,8,10-11,13H2,(H,21,24)(H,22,23). The third kappa shape index (κ3) is 4.63. The Balaban J connectivity index is 1.63. The number of hydrogen-bond donors (Lipinski definition) is 2. The van der Waals surface area contributed by atoms with E-state index >= 15 is 0 Å². The highest BCUT2D eigenvalue weighted by Crippen LogP contribution is 2.26. The summed E-state index contributed by atoms with van der Waals surface area (Å²) in [6.07, 6.45) is 3.31. The third-order valence-corrected chi connectivity index (χ3v) is 5.33. The van der Waals surface area contributed by atoms with Crippen LogP contribution >= 0.6 is 11.8 Å². The molecule has 2 aromatic rings.